The number of rotatable bonds is 6. The Balaban J connectivity index is 2.90. The predicted molar refractivity (Wildman–Crippen MR) is 69.7 cm³/mol. The van der Waals surface area contributed by atoms with Crippen LogP contribution in [0.25, 0.3) is 0 Å². The van der Waals surface area contributed by atoms with Crippen molar-refractivity contribution in [3.8, 4) is 0 Å². The highest BCUT2D eigenvalue weighted by Crippen LogP contribution is 2.19. The molecule has 0 bridgehead atoms. The van der Waals surface area contributed by atoms with E-state index in [0.29, 0.717) is 25.2 Å². The molecule has 0 aliphatic rings. The zero-order valence-electron chi connectivity index (χ0n) is 11.2. The first-order valence-electron chi connectivity index (χ1n) is 5.95. The fraction of sp³-hybridized carbons (Fsp3) is 0.400. The number of ketones is 1. The van der Waals surface area contributed by atoms with Crippen LogP contribution in [-0.4, -0.2) is 5.78 Å². The van der Waals surface area contributed by atoms with Crippen LogP contribution in [0.1, 0.15) is 37.0 Å². The Bertz CT molecular complexity index is 425. The first-order chi connectivity index (χ1) is 8.40. The third kappa shape index (κ3) is 4.32. The van der Waals surface area contributed by atoms with Gasteiger partial charge in [0.15, 0.2) is 0 Å². The van der Waals surface area contributed by atoms with Crippen LogP contribution in [0.15, 0.2) is 24.5 Å². The zero-order chi connectivity index (χ0) is 13.7. The van der Waals surface area contributed by atoms with Crippen LogP contribution < -0.4 is 0 Å². The number of Topliss-reactive ketones (excluding diaryl/α,β-unsaturated/α-hetero) is 1. The van der Waals surface area contributed by atoms with Gasteiger partial charge in [-0.3, -0.25) is 0 Å². The Morgan fingerprint density at radius 1 is 1.33 bits per heavy atom. The van der Waals surface area contributed by atoms with Crippen LogP contribution >= 0.6 is 0 Å². The molecule has 1 aromatic carbocycles. The van der Waals surface area contributed by atoms with Crippen LogP contribution in [-0.2, 0) is 22.6 Å². The molecule has 0 atom stereocenters. The predicted octanol–water partition coefficient (Wildman–Crippen LogP) is 3.71. The van der Waals surface area contributed by atoms with E-state index < -0.39 is 0 Å². The Morgan fingerprint density at radius 3 is 2.50 bits per heavy atom. The maximum Gasteiger partial charge on any atom is 0.130 e. The molecule has 18 heavy (non-hydrogen) atoms. The van der Waals surface area contributed by atoms with Crippen molar-refractivity contribution in [2.24, 2.45) is 0 Å². The number of allylic oxidation sites excluding steroid dienone is 1. The Kier molecular flexibility index (Phi) is 5.08. The molecular formula is C15H19FO2. The summed E-state index contributed by atoms with van der Waals surface area (Å²) in [7, 11) is 0. The number of halogens is 1. The normalized spacial score (nSPS) is 10.2. The van der Waals surface area contributed by atoms with Gasteiger partial charge in [0.2, 0.25) is 0 Å². The number of ether oxygens (including phenoxy) is 1. The van der Waals surface area contributed by atoms with Gasteiger partial charge in [-0.15, -0.1) is 0 Å². The molecule has 0 spiro atoms. The van der Waals surface area contributed by atoms with E-state index in [1.54, 1.807) is 13.8 Å². The second kappa shape index (κ2) is 6.34. The van der Waals surface area contributed by atoms with Crippen molar-refractivity contribution < 1.29 is 13.9 Å². The zero-order valence-corrected chi connectivity index (χ0v) is 11.2. The third-order valence-electron chi connectivity index (χ3n) is 2.81. The lowest BCUT2D eigenvalue weighted by Crippen LogP contribution is -2.02. The monoisotopic (exact) mass is 250 g/mol. The van der Waals surface area contributed by atoms with Gasteiger partial charge >= 0.3 is 0 Å². The highest BCUT2D eigenvalue weighted by Gasteiger charge is 2.09. The van der Waals surface area contributed by atoms with Crippen molar-refractivity contribution in [2.75, 3.05) is 0 Å². The van der Waals surface area contributed by atoms with Crippen LogP contribution in [0.5, 0.6) is 0 Å². The lowest BCUT2D eigenvalue weighted by atomic mass is 9.98. The average molecular weight is 250 g/mol. The standard InChI is InChI=1S/C15H19FO2/c1-10(2)18-9-14-8-15(16)7-13(12(14)4)6-5-11(3)17/h7-8H,1,5-6,9H2,2-4H3. The molecule has 0 fully saturated rings. The molecule has 0 saturated heterocycles. The van der Waals surface area contributed by atoms with Gasteiger partial charge in [0.25, 0.3) is 0 Å². The first-order valence-corrected chi connectivity index (χ1v) is 5.95. The number of benzene rings is 1. The van der Waals surface area contributed by atoms with Gasteiger partial charge < -0.3 is 9.53 Å². The van der Waals surface area contributed by atoms with Crippen molar-refractivity contribution >= 4 is 5.78 Å². The molecule has 0 amide bonds. The molecule has 0 saturated carbocycles. The molecule has 1 aromatic rings. The molecule has 2 nitrogen and oxygen atoms in total. The van der Waals surface area contributed by atoms with E-state index in [4.69, 9.17) is 4.74 Å². The molecule has 1 rings (SSSR count). The smallest absolute Gasteiger partial charge is 0.130 e. The molecule has 98 valence electrons. The minimum atomic E-state index is -0.292. The average Bonchev–Trinajstić information content (AvgIpc) is 2.27. The molecule has 0 aliphatic heterocycles. The summed E-state index contributed by atoms with van der Waals surface area (Å²) in [5.41, 5.74) is 2.65. The van der Waals surface area contributed by atoms with Crippen molar-refractivity contribution in [3.63, 3.8) is 0 Å². The second-order valence-electron chi connectivity index (χ2n) is 4.54. The van der Waals surface area contributed by atoms with Gasteiger partial charge in [-0.2, -0.15) is 0 Å². The van der Waals surface area contributed by atoms with Crippen LogP contribution in [0.2, 0.25) is 0 Å². The largest absolute Gasteiger partial charge is 0.494 e. The van der Waals surface area contributed by atoms with E-state index in [1.807, 2.05) is 6.92 Å². The molecular weight excluding hydrogens is 231 g/mol. The van der Waals surface area contributed by atoms with E-state index in [9.17, 15) is 9.18 Å². The fourth-order valence-electron chi connectivity index (χ4n) is 1.72. The lowest BCUT2D eigenvalue weighted by molar-refractivity contribution is -0.116. The van der Waals surface area contributed by atoms with Gasteiger partial charge in [0.05, 0.1) is 5.76 Å². The van der Waals surface area contributed by atoms with Crippen molar-refractivity contribution in [2.45, 2.75) is 40.2 Å². The number of carbonyl (C=O) groups excluding carboxylic acids is 1. The maximum atomic E-state index is 13.5. The van der Waals surface area contributed by atoms with Gasteiger partial charge in [-0.25, -0.2) is 4.39 Å². The number of hydrogen-bond donors (Lipinski definition) is 0. The molecule has 0 aromatic heterocycles. The molecule has 0 N–H and O–H groups in total. The lowest BCUT2D eigenvalue weighted by Gasteiger charge is -2.12. The van der Waals surface area contributed by atoms with Gasteiger partial charge in [0, 0.05) is 6.42 Å². The third-order valence-corrected chi connectivity index (χ3v) is 2.81. The van der Waals surface area contributed by atoms with Gasteiger partial charge in [-0.1, -0.05) is 6.58 Å². The summed E-state index contributed by atoms with van der Waals surface area (Å²) in [4.78, 5) is 11.0. The summed E-state index contributed by atoms with van der Waals surface area (Å²) in [6, 6.07) is 2.96. The maximum absolute atomic E-state index is 13.5. The van der Waals surface area contributed by atoms with Gasteiger partial charge in [0.1, 0.15) is 18.2 Å². The summed E-state index contributed by atoms with van der Waals surface area (Å²) in [6.45, 7) is 9.17. The number of aryl methyl sites for hydroxylation is 1. The minimum Gasteiger partial charge on any atom is -0.494 e. The van der Waals surface area contributed by atoms with E-state index in [1.165, 1.54) is 12.1 Å². The summed E-state index contributed by atoms with van der Waals surface area (Å²) in [6.07, 6.45) is 1.00. The molecule has 0 aliphatic carbocycles. The van der Waals surface area contributed by atoms with E-state index >= 15 is 0 Å². The topological polar surface area (TPSA) is 26.3 Å². The summed E-state index contributed by atoms with van der Waals surface area (Å²) < 4.78 is 18.8. The first kappa shape index (κ1) is 14.4. The van der Waals surface area contributed by atoms with Crippen molar-refractivity contribution in [1.29, 1.82) is 0 Å². The van der Waals surface area contributed by atoms with Crippen LogP contribution in [0.4, 0.5) is 4.39 Å². The summed E-state index contributed by atoms with van der Waals surface area (Å²) >= 11 is 0. The Morgan fingerprint density at radius 2 is 1.94 bits per heavy atom. The molecule has 0 radical (unpaired) electrons. The van der Waals surface area contributed by atoms with E-state index in [-0.39, 0.29) is 11.6 Å². The second-order valence-corrected chi connectivity index (χ2v) is 4.54. The SMILES string of the molecule is C=C(C)OCc1cc(F)cc(CCC(C)=O)c1C. The Labute approximate surface area is 107 Å². The molecule has 0 unspecified atom stereocenters. The fourth-order valence-corrected chi connectivity index (χ4v) is 1.72. The quantitative estimate of drug-likeness (QED) is 0.719. The van der Waals surface area contributed by atoms with Crippen LogP contribution in [0.3, 0.4) is 0 Å². The van der Waals surface area contributed by atoms with Crippen LogP contribution in [0, 0.1) is 12.7 Å². The minimum absolute atomic E-state index is 0.110. The Hall–Kier alpha value is -1.64. The van der Waals surface area contributed by atoms with Gasteiger partial charge in [-0.05, 0) is 56.0 Å². The highest BCUT2D eigenvalue weighted by atomic mass is 19.1. The summed E-state index contributed by atoms with van der Waals surface area (Å²) in [5.74, 6) is 0.418. The summed E-state index contributed by atoms with van der Waals surface area (Å²) in [5, 5.41) is 0. The van der Waals surface area contributed by atoms with Crippen molar-refractivity contribution in [1.82, 2.24) is 0 Å². The number of carbonyl (C=O) groups is 1. The molecule has 3 heteroatoms. The number of hydrogen-bond acceptors (Lipinski definition) is 2. The highest BCUT2D eigenvalue weighted by molar-refractivity contribution is 5.75. The van der Waals surface area contributed by atoms with E-state index in [2.05, 4.69) is 6.58 Å². The van der Waals surface area contributed by atoms with E-state index in [0.717, 1.165) is 16.7 Å². The molecule has 0 heterocycles. The van der Waals surface area contributed by atoms with Crippen molar-refractivity contribution in [3.05, 3.63) is 47.0 Å².